The molecule has 0 spiro atoms. The van der Waals surface area contributed by atoms with Crippen molar-refractivity contribution in [2.45, 2.75) is 0 Å². The maximum Gasteiger partial charge on any atom is 0.267 e. The van der Waals surface area contributed by atoms with Gasteiger partial charge in [0, 0.05) is 22.5 Å². The summed E-state index contributed by atoms with van der Waals surface area (Å²) < 4.78 is 2.85. The molecule has 0 aliphatic heterocycles. The third kappa shape index (κ3) is 2.58. The molecular weight excluding hydrogens is 342 g/mol. The van der Waals surface area contributed by atoms with Gasteiger partial charge in [0.25, 0.3) is 5.91 Å². The number of aromatic nitrogens is 2. The van der Waals surface area contributed by atoms with Crippen molar-refractivity contribution in [2.24, 2.45) is 0 Å². The second-order valence-electron chi connectivity index (χ2n) is 5.18. The van der Waals surface area contributed by atoms with Crippen LogP contribution in [0.5, 0.6) is 0 Å². The highest BCUT2D eigenvalue weighted by Gasteiger charge is 2.18. The standard InChI is InChI=1S/C18H12ClN3OS/c19-16-12-5-1-4-8-15(12)24-17(16)18(23)21-13-6-2-3-7-14(13)22-10-9-20-11-22/h1-11H,(H,21,23). The van der Waals surface area contributed by atoms with Crippen LogP contribution in [0.15, 0.2) is 67.3 Å². The molecule has 1 N–H and O–H groups in total. The Morgan fingerprint density at radius 2 is 1.92 bits per heavy atom. The van der Waals surface area contributed by atoms with Crippen LogP contribution < -0.4 is 5.32 Å². The Kier molecular flexibility index (Phi) is 3.80. The third-order valence-corrected chi connectivity index (χ3v) is 5.35. The molecule has 0 radical (unpaired) electrons. The largest absolute Gasteiger partial charge is 0.319 e. The fraction of sp³-hybridized carbons (Fsp3) is 0. The summed E-state index contributed by atoms with van der Waals surface area (Å²) in [6.45, 7) is 0. The average molecular weight is 354 g/mol. The molecule has 2 aromatic heterocycles. The highest BCUT2D eigenvalue weighted by Crippen LogP contribution is 2.35. The third-order valence-electron chi connectivity index (χ3n) is 3.68. The summed E-state index contributed by atoms with van der Waals surface area (Å²) in [4.78, 5) is 17.3. The summed E-state index contributed by atoms with van der Waals surface area (Å²) in [5.41, 5.74) is 1.55. The Morgan fingerprint density at radius 1 is 1.12 bits per heavy atom. The van der Waals surface area contributed by atoms with Crippen LogP contribution >= 0.6 is 22.9 Å². The first-order chi connectivity index (χ1) is 11.7. The number of nitrogens with one attached hydrogen (secondary N) is 1. The summed E-state index contributed by atoms with van der Waals surface area (Å²) in [5.74, 6) is -0.214. The van der Waals surface area contributed by atoms with Gasteiger partial charge in [-0.15, -0.1) is 11.3 Å². The van der Waals surface area contributed by atoms with Crippen LogP contribution in [-0.4, -0.2) is 15.5 Å². The lowest BCUT2D eigenvalue weighted by Gasteiger charge is -2.11. The molecule has 0 atom stereocenters. The van der Waals surface area contributed by atoms with E-state index in [-0.39, 0.29) is 5.91 Å². The minimum Gasteiger partial charge on any atom is -0.319 e. The van der Waals surface area contributed by atoms with Crippen molar-refractivity contribution in [1.29, 1.82) is 0 Å². The van der Waals surface area contributed by atoms with Gasteiger partial charge in [-0.05, 0) is 18.2 Å². The number of nitrogens with zero attached hydrogens (tertiary/aromatic N) is 2. The van der Waals surface area contributed by atoms with Gasteiger partial charge in [0.05, 0.1) is 22.7 Å². The molecule has 2 heterocycles. The quantitative estimate of drug-likeness (QED) is 0.563. The number of benzene rings is 2. The van der Waals surface area contributed by atoms with E-state index < -0.39 is 0 Å². The maximum atomic E-state index is 12.7. The van der Waals surface area contributed by atoms with Gasteiger partial charge in [0.15, 0.2) is 0 Å². The molecule has 1 amide bonds. The number of thiophene rings is 1. The first kappa shape index (κ1) is 14.9. The summed E-state index contributed by atoms with van der Waals surface area (Å²) in [5, 5.41) is 4.35. The van der Waals surface area contributed by atoms with E-state index in [0.29, 0.717) is 15.6 Å². The van der Waals surface area contributed by atoms with Crippen LogP contribution in [0.25, 0.3) is 15.8 Å². The van der Waals surface area contributed by atoms with E-state index in [9.17, 15) is 4.79 Å². The topological polar surface area (TPSA) is 46.9 Å². The lowest BCUT2D eigenvalue weighted by molar-refractivity contribution is 0.103. The molecule has 0 aliphatic carbocycles. The Hall–Kier alpha value is -2.63. The second kappa shape index (κ2) is 6.11. The lowest BCUT2D eigenvalue weighted by atomic mass is 10.2. The number of amides is 1. The summed E-state index contributed by atoms with van der Waals surface area (Å²) >= 11 is 7.78. The molecule has 0 fully saturated rings. The van der Waals surface area contributed by atoms with E-state index in [2.05, 4.69) is 10.3 Å². The predicted octanol–water partition coefficient (Wildman–Crippen LogP) is 4.99. The molecule has 0 bridgehead atoms. The molecule has 24 heavy (non-hydrogen) atoms. The van der Waals surface area contributed by atoms with E-state index in [1.54, 1.807) is 12.5 Å². The molecule has 0 saturated carbocycles. The fourth-order valence-corrected chi connectivity index (χ4v) is 3.96. The molecule has 4 aromatic rings. The number of carbonyl (C=O) groups is 1. The van der Waals surface area contributed by atoms with Crippen LogP contribution in [0.1, 0.15) is 9.67 Å². The van der Waals surface area contributed by atoms with Crippen molar-refractivity contribution in [2.75, 3.05) is 5.32 Å². The zero-order valence-electron chi connectivity index (χ0n) is 12.4. The van der Waals surface area contributed by atoms with E-state index in [0.717, 1.165) is 15.8 Å². The van der Waals surface area contributed by atoms with Crippen molar-refractivity contribution in [3.8, 4) is 5.69 Å². The number of halogens is 1. The van der Waals surface area contributed by atoms with E-state index in [1.165, 1.54) is 11.3 Å². The van der Waals surface area contributed by atoms with Gasteiger partial charge in [-0.2, -0.15) is 0 Å². The smallest absolute Gasteiger partial charge is 0.267 e. The van der Waals surface area contributed by atoms with Crippen LogP contribution in [0, 0.1) is 0 Å². The van der Waals surface area contributed by atoms with Gasteiger partial charge in [-0.25, -0.2) is 4.98 Å². The lowest BCUT2D eigenvalue weighted by Crippen LogP contribution is -2.12. The molecule has 2 aromatic carbocycles. The number of carbonyl (C=O) groups excluding carboxylic acids is 1. The van der Waals surface area contributed by atoms with Crippen LogP contribution in [0.3, 0.4) is 0 Å². The zero-order chi connectivity index (χ0) is 16.5. The SMILES string of the molecule is O=C(Nc1ccccc1-n1ccnc1)c1sc2ccccc2c1Cl. The molecule has 0 unspecified atom stereocenters. The second-order valence-corrected chi connectivity index (χ2v) is 6.61. The van der Waals surface area contributed by atoms with Crippen LogP contribution in [0.2, 0.25) is 5.02 Å². The van der Waals surface area contributed by atoms with Crippen molar-refractivity contribution in [1.82, 2.24) is 9.55 Å². The number of hydrogen-bond donors (Lipinski definition) is 1. The van der Waals surface area contributed by atoms with Crippen molar-refractivity contribution in [3.63, 3.8) is 0 Å². The van der Waals surface area contributed by atoms with Gasteiger partial charge >= 0.3 is 0 Å². The summed E-state index contributed by atoms with van der Waals surface area (Å²) in [7, 11) is 0. The summed E-state index contributed by atoms with van der Waals surface area (Å²) in [6.07, 6.45) is 5.22. The van der Waals surface area contributed by atoms with Gasteiger partial charge in [0.2, 0.25) is 0 Å². The summed E-state index contributed by atoms with van der Waals surface area (Å²) in [6, 6.07) is 15.3. The van der Waals surface area contributed by atoms with Crippen LogP contribution in [-0.2, 0) is 0 Å². The van der Waals surface area contributed by atoms with Gasteiger partial charge < -0.3 is 9.88 Å². The Labute approximate surface area is 147 Å². The van der Waals surface area contributed by atoms with Crippen molar-refractivity contribution >= 4 is 44.6 Å². The highest BCUT2D eigenvalue weighted by atomic mass is 35.5. The van der Waals surface area contributed by atoms with Crippen LogP contribution in [0.4, 0.5) is 5.69 Å². The Balaban J connectivity index is 1.71. The predicted molar refractivity (Wildman–Crippen MR) is 98.4 cm³/mol. The first-order valence-corrected chi connectivity index (χ1v) is 8.49. The van der Waals surface area contributed by atoms with Gasteiger partial charge in [-0.1, -0.05) is 41.9 Å². The highest BCUT2D eigenvalue weighted by molar-refractivity contribution is 7.21. The Morgan fingerprint density at radius 3 is 2.71 bits per heavy atom. The zero-order valence-corrected chi connectivity index (χ0v) is 14.0. The Bertz CT molecular complexity index is 1020. The normalized spacial score (nSPS) is 10.9. The van der Waals surface area contributed by atoms with E-state index in [1.807, 2.05) is 59.3 Å². The number of imidazole rings is 1. The van der Waals surface area contributed by atoms with E-state index in [4.69, 9.17) is 11.6 Å². The molecular formula is C18H12ClN3OS. The molecule has 118 valence electrons. The maximum absolute atomic E-state index is 12.7. The number of rotatable bonds is 3. The number of hydrogen-bond acceptors (Lipinski definition) is 3. The van der Waals surface area contributed by atoms with Gasteiger partial charge in [-0.3, -0.25) is 4.79 Å². The molecule has 4 rings (SSSR count). The van der Waals surface area contributed by atoms with Gasteiger partial charge in [0.1, 0.15) is 4.88 Å². The average Bonchev–Trinajstić information content (AvgIpc) is 3.24. The number of anilines is 1. The van der Waals surface area contributed by atoms with E-state index >= 15 is 0 Å². The molecule has 0 saturated heterocycles. The van der Waals surface area contributed by atoms with Crippen molar-refractivity contribution in [3.05, 3.63) is 77.2 Å². The molecule has 4 nitrogen and oxygen atoms in total. The fourth-order valence-electron chi connectivity index (χ4n) is 2.55. The molecule has 0 aliphatic rings. The monoisotopic (exact) mass is 353 g/mol. The minimum atomic E-state index is -0.214. The minimum absolute atomic E-state index is 0.214. The number of fused-ring (bicyclic) bond motifs is 1. The first-order valence-electron chi connectivity index (χ1n) is 7.30. The molecule has 6 heteroatoms. The number of para-hydroxylation sites is 2. The van der Waals surface area contributed by atoms with Crippen molar-refractivity contribution < 1.29 is 4.79 Å².